The van der Waals surface area contributed by atoms with Crippen LogP contribution in [0.5, 0.6) is 0 Å². The van der Waals surface area contributed by atoms with Crippen LogP contribution in [0.4, 0.5) is 5.82 Å². The predicted molar refractivity (Wildman–Crippen MR) is 118 cm³/mol. The molecule has 4 rings (SSSR count). The number of nitrogens with one attached hydrogen (secondary N) is 1. The molecule has 0 saturated carbocycles. The maximum Gasteiger partial charge on any atom is 0.234 e. The number of nitrogens with zero attached hydrogens (tertiary/aromatic N) is 5. The molecule has 1 fully saturated rings. The average Bonchev–Trinajstić information content (AvgIpc) is 3.22. The molecule has 1 saturated heterocycles. The molecule has 1 aliphatic heterocycles. The van der Waals surface area contributed by atoms with Crippen molar-refractivity contribution in [3.05, 3.63) is 35.8 Å². The fraction of sp³-hybridized carbons (Fsp3) is 0.565. The van der Waals surface area contributed by atoms with E-state index in [2.05, 4.69) is 27.1 Å². The maximum absolute atomic E-state index is 12.1. The standard InChI is InChI=1S/C23H32N6O/c1-16(2)25-21(30)15-28(3)18-9-13-29(14-10-18)23-19-5-4-6-20(19)26-22(27-23)17-7-11-24-12-8-17/h7-8,11-12,16,18H,4-6,9-10,13-15H2,1-3H3,(H,25,30). The lowest BCUT2D eigenvalue weighted by atomic mass is 10.0. The number of piperidine rings is 1. The molecule has 1 amide bonds. The van der Waals surface area contributed by atoms with Gasteiger partial charge >= 0.3 is 0 Å². The molecule has 0 atom stereocenters. The summed E-state index contributed by atoms with van der Waals surface area (Å²) < 4.78 is 0. The molecular weight excluding hydrogens is 376 g/mol. The molecule has 0 bridgehead atoms. The Morgan fingerprint density at radius 1 is 1.20 bits per heavy atom. The van der Waals surface area contributed by atoms with E-state index in [9.17, 15) is 4.79 Å². The molecular formula is C23H32N6O. The van der Waals surface area contributed by atoms with Crippen molar-refractivity contribution >= 4 is 11.7 Å². The van der Waals surface area contributed by atoms with Crippen molar-refractivity contribution in [2.45, 2.75) is 58.0 Å². The predicted octanol–water partition coefficient (Wildman–Crippen LogP) is 2.45. The third kappa shape index (κ3) is 4.61. The average molecular weight is 409 g/mol. The molecule has 2 aromatic rings. The first-order valence-corrected chi connectivity index (χ1v) is 11.1. The molecule has 1 aliphatic carbocycles. The number of likely N-dealkylation sites (N-methyl/N-ethyl adjacent to an activating group) is 1. The Kier molecular flexibility index (Phi) is 6.27. The number of carbonyl (C=O) groups excluding carboxylic acids is 1. The number of rotatable bonds is 6. The first-order chi connectivity index (χ1) is 14.5. The minimum Gasteiger partial charge on any atom is -0.356 e. The molecule has 0 spiro atoms. The molecule has 0 unspecified atom stereocenters. The van der Waals surface area contributed by atoms with Gasteiger partial charge in [0.05, 0.1) is 6.54 Å². The van der Waals surface area contributed by atoms with Crippen molar-refractivity contribution in [2.75, 3.05) is 31.6 Å². The van der Waals surface area contributed by atoms with Gasteiger partial charge in [0.2, 0.25) is 5.91 Å². The maximum atomic E-state index is 12.1. The van der Waals surface area contributed by atoms with Crippen molar-refractivity contribution < 1.29 is 4.79 Å². The zero-order valence-electron chi connectivity index (χ0n) is 18.3. The number of fused-ring (bicyclic) bond motifs is 1. The summed E-state index contributed by atoms with van der Waals surface area (Å²) in [7, 11) is 2.06. The van der Waals surface area contributed by atoms with E-state index in [1.54, 1.807) is 12.4 Å². The highest BCUT2D eigenvalue weighted by molar-refractivity contribution is 5.78. The lowest BCUT2D eigenvalue weighted by molar-refractivity contribution is -0.123. The molecule has 160 valence electrons. The summed E-state index contributed by atoms with van der Waals surface area (Å²) in [5.74, 6) is 2.02. The summed E-state index contributed by atoms with van der Waals surface area (Å²) in [6.07, 6.45) is 8.92. The second-order valence-electron chi connectivity index (χ2n) is 8.74. The second-order valence-corrected chi connectivity index (χ2v) is 8.74. The van der Waals surface area contributed by atoms with E-state index in [0.29, 0.717) is 12.6 Å². The summed E-state index contributed by atoms with van der Waals surface area (Å²) >= 11 is 0. The Morgan fingerprint density at radius 3 is 2.63 bits per heavy atom. The zero-order valence-corrected chi connectivity index (χ0v) is 18.3. The third-order valence-corrected chi connectivity index (χ3v) is 6.08. The first-order valence-electron chi connectivity index (χ1n) is 11.1. The van der Waals surface area contributed by atoms with Gasteiger partial charge in [0.1, 0.15) is 5.82 Å². The first kappa shape index (κ1) is 20.7. The van der Waals surface area contributed by atoms with E-state index < -0.39 is 0 Å². The van der Waals surface area contributed by atoms with Gasteiger partial charge in [0.25, 0.3) is 0 Å². The van der Waals surface area contributed by atoms with Crippen molar-refractivity contribution in [3.8, 4) is 11.4 Å². The van der Waals surface area contributed by atoms with E-state index in [4.69, 9.17) is 9.97 Å². The minimum atomic E-state index is 0.102. The summed E-state index contributed by atoms with van der Waals surface area (Å²) in [6, 6.07) is 4.56. The summed E-state index contributed by atoms with van der Waals surface area (Å²) in [5.41, 5.74) is 3.55. The quantitative estimate of drug-likeness (QED) is 0.791. The van der Waals surface area contributed by atoms with Crippen molar-refractivity contribution in [2.24, 2.45) is 0 Å². The van der Waals surface area contributed by atoms with Crippen LogP contribution in [0.15, 0.2) is 24.5 Å². The molecule has 3 heterocycles. The van der Waals surface area contributed by atoms with Gasteiger partial charge in [-0.25, -0.2) is 9.97 Å². The Bertz CT molecular complexity index is 877. The molecule has 2 aromatic heterocycles. The molecule has 0 aromatic carbocycles. The topological polar surface area (TPSA) is 74.2 Å². The number of hydrogen-bond acceptors (Lipinski definition) is 6. The lowest BCUT2D eigenvalue weighted by Crippen LogP contribution is -2.47. The normalized spacial score (nSPS) is 16.9. The van der Waals surface area contributed by atoms with E-state index in [0.717, 1.165) is 62.4 Å². The Balaban J connectivity index is 1.46. The van der Waals surface area contributed by atoms with Crippen LogP contribution in [0.25, 0.3) is 11.4 Å². The Labute approximate surface area is 178 Å². The Morgan fingerprint density at radius 2 is 1.93 bits per heavy atom. The van der Waals surface area contributed by atoms with Crippen LogP contribution in [0.1, 0.15) is 44.4 Å². The number of hydrogen-bond donors (Lipinski definition) is 1. The highest BCUT2D eigenvalue weighted by Crippen LogP contribution is 2.33. The second kappa shape index (κ2) is 9.08. The zero-order chi connectivity index (χ0) is 21.1. The van der Waals surface area contributed by atoms with Crippen LogP contribution < -0.4 is 10.2 Å². The number of pyridine rings is 1. The van der Waals surface area contributed by atoms with Gasteiger partial charge in [-0.1, -0.05) is 0 Å². The van der Waals surface area contributed by atoms with Crippen LogP contribution in [-0.4, -0.2) is 64.5 Å². The molecule has 0 radical (unpaired) electrons. The van der Waals surface area contributed by atoms with Crippen molar-refractivity contribution in [3.63, 3.8) is 0 Å². The molecule has 2 aliphatic rings. The van der Waals surface area contributed by atoms with Crippen molar-refractivity contribution in [1.29, 1.82) is 0 Å². The monoisotopic (exact) mass is 408 g/mol. The van der Waals surface area contributed by atoms with E-state index >= 15 is 0 Å². The van der Waals surface area contributed by atoms with Crippen LogP contribution in [0.2, 0.25) is 0 Å². The highest BCUT2D eigenvalue weighted by Gasteiger charge is 2.28. The number of aryl methyl sites for hydroxylation is 1. The van der Waals surface area contributed by atoms with Gasteiger partial charge in [0, 0.05) is 54.4 Å². The van der Waals surface area contributed by atoms with Crippen molar-refractivity contribution in [1.82, 2.24) is 25.2 Å². The number of amides is 1. The van der Waals surface area contributed by atoms with E-state index in [1.807, 2.05) is 26.0 Å². The largest absolute Gasteiger partial charge is 0.356 e. The SMILES string of the molecule is CC(C)NC(=O)CN(C)C1CCN(c2nc(-c3ccncc3)nc3c2CCC3)CC1. The lowest BCUT2D eigenvalue weighted by Gasteiger charge is -2.37. The summed E-state index contributed by atoms with van der Waals surface area (Å²) in [5, 5.41) is 2.98. The van der Waals surface area contributed by atoms with Gasteiger partial charge < -0.3 is 10.2 Å². The third-order valence-electron chi connectivity index (χ3n) is 6.08. The van der Waals surface area contributed by atoms with Crippen LogP contribution in [-0.2, 0) is 17.6 Å². The van der Waals surface area contributed by atoms with Gasteiger partial charge in [-0.05, 0) is 65.1 Å². The van der Waals surface area contributed by atoms with E-state index in [-0.39, 0.29) is 11.9 Å². The number of aromatic nitrogens is 3. The molecule has 7 nitrogen and oxygen atoms in total. The number of carbonyl (C=O) groups is 1. The van der Waals surface area contributed by atoms with Crippen LogP contribution in [0, 0.1) is 0 Å². The fourth-order valence-corrected chi connectivity index (χ4v) is 4.55. The fourth-order valence-electron chi connectivity index (χ4n) is 4.55. The van der Waals surface area contributed by atoms with Gasteiger partial charge in [-0.15, -0.1) is 0 Å². The molecule has 1 N–H and O–H groups in total. The van der Waals surface area contributed by atoms with Crippen LogP contribution in [0.3, 0.4) is 0 Å². The molecule has 7 heteroatoms. The van der Waals surface area contributed by atoms with Crippen LogP contribution >= 0.6 is 0 Å². The number of anilines is 1. The van der Waals surface area contributed by atoms with Gasteiger partial charge in [-0.2, -0.15) is 0 Å². The Hall–Kier alpha value is -2.54. The summed E-state index contributed by atoms with van der Waals surface area (Å²) in [4.78, 5) is 30.7. The highest BCUT2D eigenvalue weighted by atomic mass is 16.2. The smallest absolute Gasteiger partial charge is 0.234 e. The van der Waals surface area contributed by atoms with Gasteiger partial charge in [0.15, 0.2) is 5.82 Å². The summed E-state index contributed by atoms with van der Waals surface area (Å²) in [6.45, 7) is 6.37. The van der Waals surface area contributed by atoms with E-state index in [1.165, 1.54) is 11.3 Å². The van der Waals surface area contributed by atoms with Gasteiger partial charge in [-0.3, -0.25) is 14.7 Å². The molecule has 30 heavy (non-hydrogen) atoms. The minimum absolute atomic E-state index is 0.102.